The van der Waals surface area contributed by atoms with Crippen LogP contribution in [0.3, 0.4) is 0 Å². The van der Waals surface area contributed by atoms with E-state index in [-0.39, 0.29) is 38.1 Å². The van der Waals surface area contributed by atoms with Crippen molar-refractivity contribution in [3.05, 3.63) is 120 Å². The minimum Gasteiger partial charge on any atom is -0.495 e. The number of aliphatic hydroxyl groups is 1. The van der Waals surface area contributed by atoms with E-state index in [9.17, 15) is 33.5 Å². The van der Waals surface area contributed by atoms with Gasteiger partial charge in [0.25, 0.3) is 0 Å². The van der Waals surface area contributed by atoms with Gasteiger partial charge in [0.2, 0.25) is 29.5 Å². The number of hydrogen-bond donors (Lipinski definition) is 5. The maximum Gasteiger partial charge on any atom is 0.246 e. The lowest BCUT2D eigenvalue weighted by Gasteiger charge is -2.38. The zero-order chi connectivity index (χ0) is 57.7. The third-order valence-electron chi connectivity index (χ3n) is 16.2. The summed E-state index contributed by atoms with van der Waals surface area (Å²) in [6.45, 7) is 12.0. The molecule has 0 spiro atoms. The molecule has 4 aromatic carbocycles. The van der Waals surface area contributed by atoms with Crippen LogP contribution in [0.2, 0.25) is 0 Å². The summed E-state index contributed by atoms with van der Waals surface area (Å²) in [5.74, 6) is -0.0601. The van der Waals surface area contributed by atoms with E-state index in [4.69, 9.17) is 19.2 Å². The van der Waals surface area contributed by atoms with Gasteiger partial charge in [-0.2, -0.15) is 0 Å². The van der Waals surface area contributed by atoms with Crippen LogP contribution in [0.4, 0.5) is 21.5 Å². The first-order valence-corrected chi connectivity index (χ1v) is 29.1. The number of halogens is 1. The van der Waals surface area contributed by atoms with Gasteiger partial charge in [-0.1, -0.05) is 45.0 Å². The number of nitrogens with one attached hydrogen (secondary N) is 4. The van der Waals surface area contributed by atoms with Gasteiger partial charge >= 0.3 is 0 Å². The van der Waals surface area contributed by atoms with E-state index in [2.05, 4.69) is 42.1 Å². The van der Waals surface area contributed by atoms with Crippen molar-refractivity contribution in [1.82, 2.24) is 30.4 Å². The van der Waals surface area contributed by atoms with Crippen LogP contribution in [0.15, 0.2) is 103 Å². The number of likely N-dealkylation sites (tertiary alicyclic amines) is 2. The van der Waals surface area contributed by atoms with Gasteiger partial charge in [-0.3, -0.25) is 29.0 Å². The number of amides is 5. The predicted molar refractivity (Wildman–Crippen MR) is 312 cm³/mol. The van der Waals surface area contributed by atoms with Gasteiger partial charge in [-0.05, 0) is 135 Å². The van der Waals surface area contributed by atoms with Gasteiger partial charge in [0.1, 0.15) is 47.2 Å². The van der Waals surface area contributed by atoms with E-state index >= 15 is 0 Å². The fourth-order valence-electron chi connectivity index (χ4n) is 11.2. The average molecular weight is 1140 g/mol. The van der Waals surface area contributed by atoms with E-state index in [0.717, 1.165) is 96.7 Å². The number of benzene rings is 4. The van der Waals surface area contributed by atoms with Gasteiger partial charge in [0, 0.05) is 75.2 Å². The van der Waals surface area contributed by atoms with Crippen LogP contribution in [0.1, 0.15) is 77.0 Å². The lowest BCUT2D eigenvalue weighted by Crippen LogP contribution is -2.58. The number of nitrogens with zero attached hydrogens (tertiary/aromatic N) is 5. The third kappa shape index (κ3) is 13.5. The van der Waals surface area contributed by atoms with E-state index < -0.39 is 58.5 Å². The van der Waals surface area contributed by atoms with Crippen molar-refractivity contribution in [2.45, 2.75) is 103 Å². The molecule has 2 aromatic heterocycles. The van der Waals surface area contributed by atoms with Crippen LogP contribution in [0.25, 0.3) is 21.3 Å². The number of methoxy groups -OCH3 is 1. The first kappa shape index (κ1) is 57.7. The van der Waals surface area contributed by atoms with Crippen LogP contribution >= 0.6 is 11.3 Å². The molecule has 5 amide bonds. The smallest absolute Gasteiger partial charge is 0.246 e. The number of carbonyl (C=O) groups excluding carboxylic acids is 5. The number of aliphatic hydroxyl groups excluding tert-OH is 1. The summed E-state index contributed by atoms with van der Waals surface area (Å²) in [6.07, 6.45) is 5.27. The Hall–Kier alpha value is -7.52. The number of fused-ring (bicyclic) bond motifs is 1. The number of ether oxygens (including phenoxy) is 3. The Morgan fingerprint density at radius 3 is 2.13 bits per heavy atom. The van der Waals surface area contributed by atoms with Crippen molar-refractivity contribution in [2.75, 3.05) is 68.5 Å². The Morgan fingerprint density at radius 2 is 1.51 bits per heavy atom. The molecule has 5 heterocycles. The SMILES string of the molecule is COc1cc2c(Oc3ccc(NC(=O)C4(C(=O)Nc5ccc(F)cc5)CC4)cc3)ccnc2cc1N1CCC(CN2CCC(OCC(=O)N[C@H](C(=O)N3C[C@H](O)C[C@H]3C(=O)NCc3ccc(-c4scnc4C)cc3)C(C)(C)C)CC2)CC1. The lowest BCUT2D eigenvalue weighted by atomic mass is 9.85. The summed E-state index contributed by atoms with van der Waals surface area (Å²) in [5.41, 5.74) is 5.52. The summed E-state index contributed by atoms with van der Waals surface area (Å²) < 4.78 is 31.8. The second kappa shape index (κ2) is 24.9. The summed E-state index contributed by atoms with van der Waals surface area (Å²) in [5, 5.41) is 22.9. The number of β-amino-alcohol motifs (C(OH)–C–C–N with tert-alkyl or cyclic N) is 1. The number of carbonyl (C=O) groups is 5. The van der Waals surface area contributed by atoms with Crippen molar-refractivity contribution in [3.63, 3.8) is 0 Å². The molecule has 0 bridgehead atoms. The highest BCUT2D eigenvalue weighted by molar-refractivity contribution is 7.13. The molecule has 6 aromatic rings. The molecule has 20 heteroatoms. The molecule has 3 aliphatic heterocycles. The summed E-state index contributed by atoms with van der Waals surface area (Å²) >= 11 is 1.58. The Labute approximate surface area is 481 Å². The molecule has 3 saturated heterocycles. The topological polar surface area (TPSA) is 217 Å². The number of hydrogen-bond acceptors (Lipinski definition) is 14. The lowest BCUT2D eigenvalue weighted by molar-refractivity contribution is -0.145. The molecule has 432 valence electrons. The fourth-order valence-corrected chi connectivity index (χ4v) is 12.1. The molecule has 18 nitrogen and oxygen atoms in total. The molecule has 1 aliphatic carbocycles. The minimum absolute atomic E-state index is 0.00603. The number of thiazole rings is 1. The number of piperidine rings is 2. The molecule has 0 radical (unpaired) electrons. The fraction of sp³-hybridized carbons (Fsp3) is 0.435. The highest BCUT2D eigenvalue weighted by Gasteiger charge is 2.56. The van der Waals surface area contributed by atoms with Crippen LogP contribution in [-0.4, -0.2) is 132 Å². The second-order valence-electron chi connectivity index (χ2n) is 23.2. The molecule has 0 unspecified atom stereocenters. The van der Waals surface area contributed by atoms with Gasteiger partial charge < -0.3 is 55.3 Å². The maximum atomic E-state index is 14.2. The zero-order valence-corrected chi connectivity index (χ0v) is 47.9. The van der Waals surface area contributed by atoms with E-state index in [1.807, 2.05) is 63.5 Å². The van der Waals surface area contributed by atoms with E-state index in [1.54, 1.807) is 55.0 Å². The Balaban J connectivity index is 0.656. The van der Waals surface area contributed by atoms with Crippen LogP contribution in [0.5, 0.6) is 17.2 Å². The highest BCUT2D eigenvalue weighted by Crippen LogP contribution is 2.48. The van der Waals surface area contributed by atoms with Crippen molar-refractivity contribution < 1.29 is 47.7 Å². The molecule has 5 N–H and O–H groups in total. The molecule has 3 atom stereocenters. The van der Waals surface area contributed by atoms with E-state index in [1.165, 1.54) is 29.2 Å². The first-order valence-electron chi connectivity index (χ1n) is 28.2. The van der Waals surface area contributed by atoms with Gasteiger partial charge in [0.05, 0.1) is 46.6 Å². The van der Waals surface area contributed by atoms with Crippen molar-refractivity contribution in [3.8, 4) is 27.7 Å². The number of anilines is 3. The second-order valence-corrected chi connectivity index (χ2v) is 24.0. The predicted octanol–water partition coefficient (Wildman–Crippen LogP) is 8.47. The number of aromatic nitrogens is 2. The Morgan fingerprint density at radius 1 is 0.841 bits per heavy atom. The molecule has 82 heavy (non-hydrogen) atoms. The van der Waals surface area contributed by atoms with Gasteiger partial charge in [0.15, 0.2) is 0 Å². The normalized spacial score (nSPS) is 18.9. The van der Waals surface area contributed by atoms with Crippen LogP contribution < -0.4 is 35.6 Å². The largest absolute Gasteiger partial charge is 0.495 e. The quantitative estimate of drug-likeness (QED) is 0.0482. The Kier molecular flexibility index (Phi) is 17.5. The average Bonchev–Trinajstić information content (AvgIpc) is 4.19. The number of aryl methyl sites for hydroxylation is 1. The molecular weight excluding hydrogens is 1070 g/mol. The van der Waals surface area contributed by atoms with Crippen molar-refractivity contribution >= 4 is 68.8 Å². The molecular formula is C62H72FN9O9S. The first-order chi connectivity index (χ1) is 39.4. The third-order valence-corrected chi connectivity index (χ3v) is 17.2. The maximum absolute atomic E-state index is 14.2. The van der Waals surface area contributed by atoms with Crippen molar-refractivity contribution in [1.29, 1.82) is 0 Å². The highest BCUT2D eigenvalue weighted by atomic mass is 32.1. The molecule has 4 fully saturated rings. The van der Waals surface area contributed by atoms with Gasteiger partial charge in [-0.15, -0.1) is 11.3 Å². The summed E-state index contributed by atoms with van der Waals surface area (Å²) in [7, 11) is 1.66. The molecule has 10 rings (SSSR count). The summed E-state index contributed by atoms with van der Waals surface area (Å²) in [6, 6.07) is 24.3. The standard InChI is InChI=1S/C62H72FN9O9S/c1-38-55(82-37-66-38)41-8-6-39(7-9-41)33-65-57(75)51-30-45(73)35-72(51)58(76)56(61(2,3)4)69-54(74)36-80-46-21-26-70(27-22-46)34-40-19-28-71(29-20-40)50-32-49-48(31-53(50)79-5)52(18-25-64-49)81-47-16-14-44(15-17-47)68-60(78)62(23-24-62)59(77)67-43-12-10-42(63)11-13-43/h6-18,25,31-32,37,40,45-46,51,56,73H,19-24,26-30,33-36H2,1-5H3,(H,65,75)(H,67,77)(H,68,78)(H,69,74)/t45-,51+,56-/m1/s1. The molecule has 4 aliphatic rings. The molecule has 1 saturated carbocycles. The zero-order valence-electron chi connectivity index (χ0n) is 47.0. The van der Waals surface area contributed by atoms with Crippen LogP contribution in [-0.2, 0) is 35.3 Å². The Bertz CT molecular complexity index is 3260. The monoisotopic (exact) mass is 1140 g/mol. The van der Waals surface area contributed by atoms with Crippen LogP contribution in [0, 0.1) is 29.5 Å². The van der Waals surface area contributed by atoms with Gasteiger partial charge in [-0.25, -0.2) is 9.37 Å². The number of rotatable bonds is 19. The minimum atomic E-state index is -1.18. The van der Waals surface area contributed by atoms with E-state index in [0.29, 0.717) is 47.4 Å². The summed E-state index contributed by atoms with van der Waals surface area (Å²) in [4.78, 5) is 84.0. The number of pyridine rings is 1. The van der Waals surface area contributed by atoms with Crippen molar-refractivity contribution in [2.24, 2.45) is 16.7 Å².